The summed E-state index contributed by atoms with van der Waals surface area (Å²) in [6.45, 7) is 1.70. The largest absolute Gasteiger partial charge is 0.408 e. The summed E-state index contributed by atoms with van der Waals surface area (Å²) in [5.41, 5.74) is -1.70. The summed E-state index contributed by atoms with van der Waals surface area (Å²) in [4.78, 5) is 34.6. The Morgan fingerprint density at radius 2 is 1.95 bits per heavy atom. The van der Waals surface area contributed by atoms with E-state index in [-0.39, 0.29) is 34.3 Å². The van der Waals surface area contributed by atoms with Crippen molar-refractivity contribution in [2.24, 2.45) is 0 Å². The number of halogens is 7. The van der Waals surface area contributed by atoms with Crippen molar-refractivity contribution in [2.45, 2.75) is 82.3 Å². The Hall–Kier alpha value is -3.01. The van der Waals surface area contributed by atoms with Crippen molar-refractivity contribution >= 4 is 29.0 Å². The van der Waals surface area contributed by atoms with Gasteiger partial charge in [-0.15, -0.1) is 11.3 Å². The number of rotatable bonds is 8. The van der Waals surface area contributed by atoms with Crippen LogP contribution in [0.3, 0.4) is 0 Å². The zero-order valence-corrected chi connectivity index (χ0v) is 22.1. The van der Waals surface area contributed by atoms with Crippen LogP contribution in [0, 0.1) is 0 Å². The molecule has 2 atom stereocenters. The molecule has 1 saturated carbocycles. The first-order valence-corrected chi connectivity index (χ1v) is 13.2. The number of anilines is 1. The molecule has 2 aromatic rings. The van der Waals surface area contributed by atoms with Crippen molar-refractivity contribution in [3.8, 4) is 10.4 Å². The summed E-state index contributed by atoms with van der Waals surface area (Å²) in [6.07, 6.45) is -8.14. The molecule has 3 N–H and O–H groups in total. The Morgan fingerprint density at radius 1 is 1.27 bits per heavy atom. The fourth-order valence-corrected chi connectivity index (χ4v) is 5.62. The molecule has 40 heavy (non-hydrogen) atoms. The molecule has 4 rings (SSSR count). The molecule has 16 heteroatoms. The SMILES string of the molecule is CCC(Nc1cc(C(F)F)c(-c2sc(C(=O)NC3CC(O)C3)nc2C(=O)N2CC(F)(F)CC2C)cn1)C(F)(F)F. The van der Waals surface area contributed by atoms with Gasteiger partial charge in [0.25, 0.3) is 24.2 Å². The summed E-state index contributed by atoms with van der Waals surface area (Å²) in [7, 11) is 0. The lowest BCUT2D eigenvalue weighted by molar-refractivity contribution is -0.142. The van der Waals surface area contributed by atoms with Crippen molar-refractivity contribution < 1.29 is 45.4 Å². The molecule has 1 aliphatic carbocycles. The van der Waals surface area contributed by atoms with Gasteiger partial charge in [0.2, 0.25) is 0 Å². The van der Waals surface area contributed by atoms with Crippen LogP contribution in [-0.2, 0) is 0 Å². The van der Waals surface area contributed by atoms with Gasteiger partial charge in [0.05, 0.1) is 17.5 Å². The molecule has 1 aliphatic heterocycles. The average molecular weight is 598 g/mol. The predicted octanol–water partition coefficient (Wildman–Crippen LogP) is 5.02. The Labute approximate surface area is 228 Å². The molecule has 2 amide bonds. The molecular formula is C24H26F7N5O3S. The highest BCUT2D eigenvalue weighted by atomic mass is 32.1. The maximum Gasteiger partial charge on any atom is 0.408 e. The maximum absolute atomic E-state index is 14.2. The van der Waals surface area contributed by atoms with E-state index in [4.69, 9.17) is 0 Å². The summed E-state index contributed by atoms with van der Waals surface area (Å²) in [5, 5.41) is 13.8. The number of pyridine rings is 1. The van der Waals surface area contributed by atoms with Crippen LogP contribution in [0.5, 0.6) is 0 Å². The van der Waals surface area contributed by atoms with Crippen LogP contribution in [0.25, 0.3) is 10.4 Å². The monoisotopic (exact) mass is 597 g/mol. The van der Waals surface area contributed by atoms with Gasteiger partial charge in [-0.3, -0.25) is 9.59 Å². The van der Waals surface area contributed by atoms with Crippen LogP contribution in [0.1, 0.15) is 71.8 Å². The molecular weight excluding hydrogens is 571 g/mol. The minimum atomic E-state index is -4.68. The quantitative estimate of drug-likeness (QED) is 0.369. The third-order valence-electron chi connectivity index (χ3n) is 6.80. The lowest BCUT2D eigenvalue weighted by Crippen LogP contribution is -2.46. The number of hydrogen-bond donors (Lipinski definition) is 3. The predicted molar refractivity (Wildman–Crippen MR) is 131 cm³/mol. The Morgan fingerprint density at radius 3 is 2.48 bits per heavy atom. The summed E-state index contributed by atoms with van der Waals surface area (Å²) < 4.78 is 96.1. The molecule has 0 spiro atoms. The second-order valence-electron chi connectivity index (χ2n) is 9.94. The number of nitrogens with one attached hydrogen (secondary N) is 2. The average Bonchev–Trinajstić information content (AvgIpc) is 3.40. The smallest absolute Gasteiger partial charge is 0.393 e. The molecule has 0 bridgehead atoms. The van der Waals surface area contributed by atoms with Gasteiger partial charge >= 0.3 is 6.18 Å². The van der Waals surface area contributed by atoms with E-state index in [0.717, 1.165) is 11.1 Å². The van der Waals surface area contributed by atoms with Gasteiger partial charge in [0.15, 0.2) is 5.01 Å². The highest BCUT2D eigenvalue weighted by Gasteiger charge is 2.46. The molecule has 1 saturated heterocycles. The highest BCUT2D eigenvalue weighted by Crippen LogP contribution is 2.40. The molecule has 8 nitrogen and oxygen atoms in total. The first-order valence-electron chi connectivity index (χ1n) is 12.4. The molecule has 2 aliphatic rings. The van der Waals surface area contributed by atoms with Crippen LogP contribution < -0.4 is 10.6 Å². The molecule has 0 aromatic carbocycles. The molecule has 2 fully saturated rings. The number of aliphatic hydroxyl groups is 1. The van der Waals surface area contributed by atoms with Gasteiger partial charge in [0, 0.05) is 35.8 Å². The number of aliphatic hydroxyl groups excluding tert-OH is 1. The van der Waals surface area contributed by atoms with E-state index < -0.39 is 85.0 Å². The highest BCUT2D eigenvalue weighted by molar-refractivity contribution is 7.17. The zero-order valence-electron chi connectivity index (χ0n) is 21.2. The molecule has 3 heterocycles. The van der Waals surface area contributed by atoms with Crippen LogP contribution in [-0.4, -0.2) is 74.7 Å². The van der Waals surface area contributed by atoms with Crippen LogP contribution in [0.15, 0.2) is 12.3 Å². The summed E-state index contributed by atoms with van der Waals surface area (Å²) >= 11 is 0.552. The minimum Gasteiger partial charge on any atom is -0.393 e. The van der Waals surface area contributed by atoms with E-state index >= 15 is 0 Å². The molecule has 0 radical (unpaired) electrons. The third-order valence-corrected chi connectivity index (χ3v) is 7.89. The maximum atomic E-state index is 14.2. The van der Waals surface area contributed by atoms with Crippen molar-refractivity contribution in [3.05, 3.63) is 28.5 Å². The zero-order chi connectivity index (χ0) is 29.6. The van der Waals surface area contributed by atoms with Gasteiger partial charge in [-0.1, -0.05) is 6.92 Å². The molecule has 220 valence electrons. The van der Waals surface area contributed by atoms with Gasteiger partial charge in [-0.25, -0.2) is 27.5 Å². The van der Waals surface area contributed by atoms with Gasteiger partial charge in [-0.05, 0) is 32.3 Å². The van der Waals surface area contributed by atoms with E-state index in [1.54, 1.807) is 0 Å². The van der Waals surface area contributed by atoms with Gasteiger partial charge in [0.1, 0.15) is 17.6 Å². The molecule has 2 aromatic heterocycles. The van der Waals surface area contributed by atoms with Crippen molar-refractivity contribution in [1.82, 2.24) is 20.2 Å². The number of carbonyl (C=O) groups excluding carboxylic acids is 2. The minimum absolute atomic E-state index is 0.261. The summed E-state index contributed by atoms with van der Waals surface area (Å²) in [5.74, 6) is -5.45. The van der Waals surface area contributed by atoms with Crippen molar-refractivity contribution in [2.75, 3.05) is 11.9 Å². The number of likely N-dealkylation sites (tertiary alicyclic amines) is 1. The topological polar surface area (TPSA) is 107 Å². The van der Waals surface area contributed by atoms with Crippen LogP contribution in [0.2, 0.25) is 0 Å². The van der Waals surface area contributed by atoms with E-state index in [2.05, 4.69) is 20.6 Å². The van der Waals surface area contributed by atoms with E-state index in [1.807, 2.05) is 0 Å². The fraction of sp³-hybridized carbons (Fsp3) is 0.583. The first kappa shape index (κ1) is 30.0. The first-order chi connectivity index (χ1) is 18.6. The number of hydrogen-bond acceptors (Lipinski definition) is 7. The Balaban J connectivity index is 1.75. The number of thiazole rings is 1. The Bertz CT molecular complexity index is 1270. The number of aromatic nitrogens is 2. The van der Waals surface area contributed by atoms with E-state index in [1.165, 1.54) is 13.8 Å². The standard InChI is InChI=1S/C24H26F7N5O3S/c1-3-15(24(29,30)31)34-16-6-13(19(25)26)14(8-32-16)18-17(22(39)36-9-23(27,28)7-10(36)2)35-21(40-18)20(38)33-11-4-12(37)5-11/h6,8,10-12,15,19,37H,3-5,7,9H2,1-2H3,(H,32,34)(H,33,38). The van der Waals surface area contributed by atoms with E-state index in [9.17, 15) is 45.4 Å². The molecule has 2 unspecified atom stereocenters. The van der Waals surface area contributed by atoms with Crippen molar-refractivity contribution in [3.63, 3.8) is 0 Å². The number of carbonyl (C=O) groups is 2. The van der Waals surface area contributed by atoms with Gasteiger partial charge in [-0.2, -0.15) is 13.2 Å². The summed E-state index contributed by atoms with van der Waals surface area (Å²) in [6, 6.07) is -2.64. The van der Waals surface area contributed by atoms with Crippen LogP contribution >= 0.6 is 11.3 Å². The number of amides is 2. The second-order valence-corrected chi connectivity index (χ2v) is 10.9. The fourth-order valence-electron chi connectivity index (χ4n) is 4.63. The van der Waals surface area contributed by atoms with E-state index in [0.29, 0.717) is 17.4 Å². The number of alkyl halides is 7. The van der Waals surface area contributed by atoms with Crippen LogP contribution in [0.4, 0.5) is 36.6 Å². The number of nitrogens with zero attached hydrogens (tertiary/aromatic N) is 3. The Kier molecular flexibility index (Phi) is 8.32. The third kappa shape index (κ3) is 6.32. The normalized spacial score (nSPS) is 23.2. The van der Waals surface area contributed by atoms with Gasteiger partial charge < -0.3 is 20.6 Å². The lowest BCUT2D eigenvalue weighted by Gasteiger charge is -2.31. The van der Waals surface area contributed by atoms with Crippen molar-refractivity contribution in [1.29, 1.82) is 0 Å². The second kappa shape index (κ2) is 11.1. The lowest BCUT2D eigenvalue weighted by atomic mass is 9.89.